The van der Waals surface area contributed by atoms with Gasteiger partial charge >= 0.3 is 12.1 Å². The van der Waals surface area contributed by atoms with Crippen molar-refractivity contribution in [3.63, 3.8) is 0 Å². The number of aromatic nitrogens is 2. The van der Waals surface area contributed by atoms with Gasteiger partial charge in [-0.2, -0.15) is 13.2 Å². The lowest BCUT2D eigenvalue weighted by Gasteiger charge is -2.11. The number of pyridine rings is 2. The van der Waals surface area contributed by atoms with Crippen LogP contribution in [0.5, 0.6) is 5.75 Å². The molecule has 0 aliphatic heterocycles. The molecule has 168 valence electrons. The zero-order valence-electron chi connectivity index (χ0n) is 17.6. The van der Waals surface area contributed by atoms with Crippen molar-refractivity contribution >= 4 is 16.9 Å². The number of carboxylic acid groups (broad SMARTS) is 1. The number of alkyl halides is 3. The molecule has 0 aliphatic carbocycles. The minimum atomic E-state index is -4.58. The van der Waals surface area contributed by atoms with Crippen LogP contribution >= 0.6 is 0 Å². The van der Waals surface area contributed by atoms with Gasteiger partial charge in [0.25, 0.3) is 0 Å². The molecule has 2 aromatic carbocycles. The third-order valence-corrected chi connectivity index (χ3v) is 5.05. The quantitative estimate of drug-likeness (QED) is 0.363. The molecule has 2 heterocycles. The number of fused-ring (bicyclic) bond motifs is 1. The van der Waals surface area contributed by atoms with Gasteiger partial charge in [0.1, 0.15) is 5.75 Å². The van der Waals surface area contributed by atoms with Crippen molar-refractivity contribution < 1.29 is 27.8 Å². The second kappa shape index (κ2) is 8.90. The van der Waals surface area contributed by atoms with Crippen molar-refractivity contribution in [3.8, 4) is 28.3 Å². The standard InChI is InChI=1S/C25H19F3N2O3/c1-2-11-33-18-7-3-15(4-8-18)16-5-9-22(29-14-16)23-13-20(24(31)32)19-12-17(25(26,27)28)6-10-21(19)30-23/h3-10,12-14H,2,11H2,1H3,(H,31,32). The molecule has 0 radical (unpaired) electrons. The topological polar surface area (TPSA) is 72.3 Å². The number of rotatable bonds is 6. The van der Waals surface area contributed by atoms with E-state index >= 15 is 0 Å². The Bertz CT molecular complexity index is 1300. The highest BCUT2D eigenvalue weighted by Gasteiger charge is 2.31. The highest BCUT2D eigenvalue weighted by molar-refractivity contribution is 6.03. The summed E-state index contributed by atoms with van der Waals surface area (Å²) in [6.07, 6.45) is -2.03. The normalized spacial score (nSPS) is 11.5. The van der Waals surface area contributed by atoms with Crippen LogP contribution < -0.4 is 4.74 Å². The summed E-state index contributed by atoms with van der Waals surface area (Å²) >= 11 is 0. The van der Waals surface area contributed by atoms with E-state index in [4.69, 9.17) is 4.74 Å². The highest BCUT2D eigenvalue weighted by Crippen LogP contribution is 2.33. The maximum atomic E-state index is 13.1. The highest BCUT2D eigenvalue weighted by atomic mass is 19.4. The Balaban J connectivity index is 1.68. The molecule has 0 spiro atoms. The molecule has 0 bridgehead atoms. The van der Waals surface area contributed by atoms with Crippen LogP contribution in [-0.2, 0) is 6.18 Å². The number of nitrogens with zero attached hydrogens (tertiary/aromatic N) is 2. The number of hydrogen-bond donors (Lipinski definition) is 1. The van der Waals surface area contributed by atoms with Gasteiger partial charge in [-0.1, -0.05) is 25.1 Å². The first kappa shape index (κ1) is 22.3. The molecule has 4 rings (SSSR count). The third kappa shape index (κ3) is 4.79. The number of aromatic carboxylic acids is 1. The maximum Gasteiger partial charge on any atom is 0.416 e. The second-order valence-corrected chi connectivity index (χ2v) is 7.39. The summed E-state index contributed by atoms with van der Waals surface area (Å²) in [4.78, 5) is 20.5. The smallest absolute Gasteiger partial charge is 0.416 e. The number of ether oxygens (including phenoxy) is 1. The Morgan fingerprint density at radius 1 is 0.970 bits per heavy atom. The summed E-state index contributed by atoms with van der Waals surface area (Å²) in [5, 5.41) is 9.50. The van der Waals surface area contributed by atoms with Crippen LogP contribution in [0.1, 0.15) is 29.3 Å². The Morgan fingerprint density at radius 2 is 1.70 bits per heavy atom. The Labute approximate surface area is 187 Å². The predicted molar refractivity (Wildman–Crippen MR) is 118 cm³/mol. The van der Waals surface area contributed by atoms with Gasteiger partial charge in [0, 0.05) is 17.1 Å². The van der Waals surface area contributed by atoms with E-state index in [0.29, 0.717) is 12.3 Å². The van der Waals surface area contributed by atoms with E-state index in [2.05, 4.69) is 9.97 Å². The van der Waals surface area contributed by atoms with Crippen LogP contribution in [0.25, 0.3) is 33.4 Å². The van der Waals surface area contributed by atoms with Crippen LogP contribution in [0.2, 0.25) is 0 Å². The van der Waals surface area contributed by atoms with Crippen LogP contribution in [0.4, 0.5) is 13.2 Å². The number of carboxylic acids is 1. The number of carbonyl (C=O) groups is 1. The van der Waals surface area contributed by atoms with E-state index in [9.17, 15) is 23.1 Å². The minimum Gasteiger partial charge on any atom is -0.494 e. The fourth-order valence-corrected chi connectivity index (χ4v) is 3.39. The van der Waals surface area contributed by atoms with Gasteiger partial charge < -0.3 is 9.84 Å². The lowest BCUT2D eigenvalue weighted by molar-refractivity contribution is -0.137. The van der Waals surface area contributed by atoms with Crippen molar-refractivity contribution in [2.45, 2.75) is 19.5 Å². The summed E-state index contributed by atoms with van der Waals surface area (Å²) in [6.45, 7) is 2.68. The van der Waals surface area contributed by atoms with Gasteiger partial charge in [-0.05, 0) is 54.4 Å². The fourth-order valence-electron chi connectivity index (χ4n) is 3.39. The monoisotopic (exact) mass is 452 g/mol. The maximum absolute atomic E-state index is 13.1. The van der Waals surface area contributed by atoms with Crippen molar-refractivity contribution in [1.29, 1.82) is 0 Å². The molecule has 0 atom stereocenters. The van der Waals surface area contributed by atoms with Gasteiger partial charge in [0.05, 0.1) is 34.6 Å². The minimum absolute atomic E-state index is 0.0805. The first-order chi connectivity index (χ1) is 15.8. The second-order valence-electron chi connectivity index (χ2n) is 7.39. The van der Waals surface area contributed by atoms with Gasteiger partial charge in [-0.3, -0.25) is 4.98 Å². The van der Waals surface area contributed by atoms with E-state index in [1.807, 2.05) is 37.3 Å². The molecule has 1 N–H and O–H groups in total. The van der Waals surface area contributed by atoms with E-state index in [1.165, 1.54) is 12.1 Å². The summed E-state index contributed by atoms with van der Waals surface area (Å²) < 4.78 is 44.8. The summed E-state index contributed by atoms with van der Waals surface area (Å²) in [5.74, 6) is -0.564. The Hall–Kier alpha value is -3.94. The first-order valence-corrected chi connectivity index (χ1v) is 10.2. The van der Waals surface area contributed by atoms with Crippen LogP contribution in [-0.4, -0.2) is 27.7 Å². The third-order valence-electron chi connectivity index (χ3n) is 5.05. The van der Waals surface area contributed by atoms with Gasteiger partial charge in [-0.15, -0.1) is 0 Å². The molecule has 0 aliphatic rings. The molecule has 0 saturated heterocycles. The van der Waals surface area contributed by atoms with Crippen LogP contribution in [0.3, 0.4) is 0 Å². The molecule has 0 amide bonds. The van der Waals surface area contributed by atoms with Crippen molar-refractivity contribution in [2.24, 2.45) is 0 Å². The predicted octanol–water partition coefficient (Wildman–Crippen LogP) is 6.47. The molecule has 4 aromatic rings. The molecule has 8 heteroatoms. The fraction of sp³-hybridized carbons (Fsp3) is 0.160. The Kier molecular flexibility index (Phi) is 6.00. The van der Waals surface area contributed by atoms with Gasteiger partial charge in [0.2, 0.25) is 0 Å². The average molecular weight is 452 g/mol. The molecule has 2 aromatic heterocycles. The van der Waals surface area contributed by atoms with Crippen molar-refractivity contribution in [1.82, 2.24) is 9.97 Å². The van der Waals surface area contributed by atoms with Gasteiger partial charge in [-0.25, -0.2) is 9.78 Å². The summed E-state index contributed by atoms with van der Waals surface area (Å²) in [6, 6.07) is 15.2. The SMILES string of the molecule is CCCOc1ccc(-c2ccc(-c3cc(C(=O)O)c4cc(C(F)(F)F)ccc4n3)nc2)cc1. The van der Waals surface area contributed by atoms with Crippen LogP contribution in [0.15, 0.2) is 66.9 Å². The van der Waals surface area contributed by atoms with E-state index in [1.54, 1.807) is 12.3 Å². The zero-order chi connectivity index (χ0) is 23.6. The van der Waals surface area contributed by atoms with Crippen LogP contribution in [0, 0.1) is 0 Å². The summed E-state index contributed by atoms with van der Waals surface area (Å²) in [7, 11) is 0. The van der Waals surface area contributed by atoms with Crippen molar-refractivity contribution in [2.75, 3.05) is 6.61 Å². The first-order valence-electron chi connectivity index (χ1n) is 10.2. The van der Waals surface area contributed by atoms with Crippen molar-refractivity contribution in [3.05, 3.63) is 78.0 Å². The zero-order valence-corrected chi connectivity index (χ0v) is 17.6. The molecular formula is C25H19F3N2O3. The van der Waals surface area contributed by atoms with Gasteiger partial charge in [0.15, 0.2) is 0 Å². The van der Waals surface area contributed by atoms with E-state index < -0.39 is 17.7 Å². The number of benzene rings is 2. The summed E-state index contributed by atoms with van der Waals surface area (Å²) in [5.41, 5.74) is 1.38. The number of hydrogen-bond acceptors (Lipinski definition) is 4. The Morgan fingerprint density at radius 3 is 2.30 bits per heavy atom. The lowest BCUT2D eigenvalue weighted by atomic mass is 10.0. The molecular weight excluding hydrogens is 433 g/mol. The molecule has 33 heavy (non-hydrogen) atoms. The molecule has 0 unspecified atom stereocenters. The van der Waals surface area contributed by atoms with E-state index in [-0.39, 0.29) is 22.2 Å². The largest absolute Gasteiger partial charge is 0.494 e. The molecule has 0 fully saturated rings. The lowest BCUT2D eigenvalue weighted by Crippen LogP contribution is -2.06. The molecule has 0 saturated carbocycles. The average Bonchev–Trinajstić information content (AvgIpc) is 2.81. The number of halogens is 3. The van der Waals surface area contributed by atoms with E-state index in [0.717, 1.165) is 35.4 Å². The molecule has 5 nitrogen and oxygen atoms in total.